The third kappa shape index (κ3) is 4.41. The first-order valence-corrected chi connectivity index (χ1v) is 11.5. The third-order valence-electron chi connectivity index (χ3n) is 4.97. The number of hydrogen-bond donors (Lipinski definition) is 2. The number of carbonyl (C=O) groups excluding carboxylic acids is 2. The quantitative estimate of drug-likeness (QED) is 0.516. The highest BCUT2D eigenvalue weighted by molar-refractivity contribution is 7.18. The molecular formula is C20H17ClF2N4O2S2. The molecule has 1 fully saturated rings. The van der Waals surface area contributed by atoms with Gasteiger partial charge in [0.05, 0.1) is 10.6 Å². The number of amides is 1. The van der Waals surface area contributed by atoms with Crippen LogP contribution in [0.1, 0.15) is 37.7 Å². The Bertz CT molecular complexity index is 1120. The van der Waals surface area contributed by atoms with Crippen LogP contribution in [0.5, 0.6) is 0 Å². The number of halogens is 3. The van der Waals surface area contributed by atoms with Gasteiger partial charge in [-0.1, -0.05) is 29.0 Å². The van der Waals surface area contributed by atoms with Crippen LogP contribution < -0.4 is 11.1 Å². The highest BCUT2D eigenvalue weighted by Crippen LogP contribution is 2.31. The predicted octanol–water partition coefficient (Wildman–Crippen LogP) is 4.67. The first kappa shape index (κ1) is 21.7. The maximum Gasteiger partial charge on any atom is 0.265 e. The lowest BCUT2D eigenvalue weighted by Gasteiger charge is -2.32. The fraction of sp³-hybridized carbons (Fsp3) is 0.250. The van der Waals surface area contributed by atoms with E-state index in [9.17, 15) is 18.4 Å². The van der Waals surface area contributed by atoms with Gasteiger partial charge in [-0.25, -0.2) is 13.8 Å². The van der Waals surface area contributed by atoms with E-state index >= 15 is 0 Å². The van der Waals surface area contributed by atoms with Gasteiger partial charge >= 0.3 is 0 Å². The van der Waals surface area contributed by atoms with Crippen LogP contribution in [0.3, 0.4) is 0 Å². The second-order valence-electron chi connectivity index (χ2n) is 6.97. The van der Waals surface area contributed by atoms with Gasteiger partial charge in [0.1, 0.15) is 27.2 Å². The molecule has 1 amide bonds. The summed E-state index contributed by atoms with van der Waals surface area (Å²) in [7, 11) is 0. The number of nitrogens with one attached hydrogen (secondary N) is 1. The fourth-order valence-corrected chi connectivity index (χ4v) is 5.39. The number of thiazole rings is 1. The normalized spacial score (nSPS) is 14.6. The average molecular weight is 483 g/mol. The summed E-state index contributed by atoms with van der Waals surface area (Å²) in [4.78, 5) is 31.6. The molecule has 0 aliphatic carbocycles. The Balaban J connectivity index is 1.41. The molecule has 0 saturated carbocycles. The van der Waals surface area contributed by atoms with Crippen LogP contribution >= 0.6 is 34.3 Å². The molecule has 2 aromatic heterocycles. The minimum absolute atomic E-state index is 0.0153. The maximum atomic E-state index is 14.0. The molecule has 0 spiro atoms. The van der Waals surface area contributed by atoms with Crippen LogP contribution in [0.2, 0.25) is 5.02 Å². The molecule has 11 heteroatoms. The third-order valence-corrected chi connectivity index (χ3v) is 7.30. The van der Waals surface area contributed by atoms with Crippen LogP contribution in [0.15, 0.2) is 29.6 Å². The number of nitrogen functional groups attached to an aromatic ring is 1. The summed E-state index contributed by atoms with van der Waals surface area (Å²) in [6.45, 7) is 1.08. The zero-order chi connectivity index (χ0) is 22.1. The Morgan fingerprint density at radius 3 is 2.45 bits per heavy atom. The summed E-state index contributed by atoms with van der Waals surface area (Å²) in [5.41, 5.74) is 5.19. The molecule has 3 aromatic rings. The fourth-order valence-electron chi connectivity index (χ4n) is 3.38. The Kier molecular flexibility index (Phi) is 6.22. The molecule has 0 atom stereocenters. The molecule has 1 aromatic carbocycles. The molecule has 6 nitrogen and oxygen atoms in total. The smallest absolute Gasteiger partial charge is 0.265 e. The van der Waals surface area contributed by atoms with Crippen LogP contribution in [0.4, 0.5) is 19.7 Å². The largest absolute Gasteiger partial charge is 0.382 e. The Hall–Kier alpha value is -2.56. The zero-order valence-electron chi connectivity index (χ0n) is 16.0. The number of aromatic nitrogens is 1. The molecule has 1 aliphatic rings. The predicted molar refractivity (Wildman–Crippen MR) is 118 cm³/mol. The number of carbonyl (C=O) groups is 2. The van der Waals surface area contributed by atoms with Crippen molar-refractivity contribution in [3.8, 4) is 0 Å². The molecule has 1 saturated heterocycles. The number of likely N-dealkylation sites (tertiary alicyclic amines) is 1. The van der Waals surface area contributed by atoms with E-state index in [0.717, 1.165) is 23.5 Å². The molecule has 162 valence electrons. The van der Waals surface area contributed by atoms with E-state index in [1.807, 2.05) is 0 Å². The number of ketones is 1. The van der Waals surface area contributed by atoms with Crippen molar-refractivity contribution in [3.05, 3.63) is 61.6 Å². The van der Waals surface area contributed by atoms with Crippen molar-refractivity contribution in [1.29, 1.82) is 0 Å². The van der Waals surface area contributed by atoms with Crippen LogP contribution in [-0.4, -0.2) is 40.7 Å². The van der Waals surface area contributed by atoms with Gasteiger partial charge in [0, 0.05) is 19.1 Å². The molecule has 3 N–H and O–H groups in total. The number of hydrogen-bond acceptors (Lipinski definition) is 7. The molecule has 0 radical (unpaired) electrons. The number of thiophene rings is 1. The highest BCUT2D eigenvalue weighted by Gasteiger charge is 2.28. The lowest BCUT2D eigenvalue weighted by atomic mass is 10.1. The average Bonchev–Trinajstić information content (AvgIpc) is 3.33. The van der Waals surface area contributed by atoms with Gasteiger partial charge in [0.2, 0.25) is 5.78 Å². The van der Waals surface area contributed by atoms with Gasteiger partial charge in [0.15, 0.2) is 5.13 Å². The summed E-state index contributed by atoms with van der Waals surface area (Å²) >= 11 is 8.32. The second kappa shape index (κ2) is 8.89. The van der Waals surface area contributed by atoms with Gasteiger partial charge in [-0.3, -0.25) is 9.59 Å². The van der Waals surface area contributed by atoms with E-state index in [0.29, 0.717) is 41.0 Å². The van der Waals surface area contributed by atoms with Crippen molar-refractivity contribution in [2.75, 3.05) is 24.1 Å². The number of rotatable bonds is 5. The van der Waals surface area contributed by atoms with Crippen molar-refractivity contribution in [2.24, 2.45) is 0 Å². The van der Waals surface area contributed by atoms with E-state index in [-0.39, 0.29) is 22.6 Å². The number of nitrogens with two attached hydrogens (primary N) is 1. The zero-order valence-corrected chi connectivity index (χ0v) is 18.4. The molecular weight excluding hydrogens is 466 g/mol. The second-order valence-corrected chi connectivity index (χ2v) is 9.29. The van der Waals surface area contributed by atoms with Crippen LogP contribution in [0, 0.1) is 11.6 Å². The first-order valence-electron chi connectivity index (χ1n) is 9.39. The summed E-state index contributed by atoms with van der Waals surface area (Å²) < 4.78 is 27.9. The molecule has 0 bridgehead atoms. The van der Waals surface area contributed by atoms with Gasteiger partial charge in [-0.2, -0.15) is 0 Å². The molecule has 0 unspecified atom stereocenters. The Labute approximate surface area is 189 Å². The van der Waals surface area contributed by atoms with Gasteiger partial charge in [-0.05, 0) is 36.4 Å². The van der Waals surface area contributed by atoms with E-state index in [4.69, 9.17) is 17.3 Å². The molecule has 1 aliphatic heterocycles. The summed E-state index contributed by atoms with van der Waals surface area (Å²) in [6.07, 6.45) is 1.33. The van der Waals surface area contributed by atoms with Gasteiger partial charge in [0.25, 0.3) is 5.91 Å². The van der Waals surface area contributed by atoms with Gasteiger partial charge in [-0.15, -0.1) is 11.3 Å². The SMILES string of the molecule is Nc1nc(NC2CCN(C(=O)c3sccc3Cl)CC2)sc1C(=O)c1c(F)cccc1F. The van der Waals surface area contributed by atoms with Crippen molar-refractivity contribution >= 4 is 56.9 Å². The lowest BCUT2D eigenvalue weighted by molar-refractivity contribution is 0.0723. The number of anilines is 2. The van der Waals surface area contributed by atoms with E-state index < -0.39 is 23.0 Å². The Morgan fingerprint density at radius 1 is 1.16 bits per heavy atom. The van der Waals surface area contributed by atoms with Crippen LogP contribution in [-0.2, 0) is 0 Å². The minimum atomic E-state index is -0.949. The van der Waals surface area contributed by atoms with Crippen molar-refractivity contribution in [2.45, 2.75) is 18.9 Å². The number of piperidine rings is 1. The maximum absolute atomic E-state index is 14.0. The van der Waals surface area contributed by atoms with Crippen LogP contribution in [0.25, 0.3) is 0 Å². The Morgan fingerprint density at radius 2 is 1.84 bits per heavy atom. The topological polar surface area (TPSA) is 88.3 Å². The van der Waals surface area contributed by atoms with E-state index in [1.165, 1.54) is 17.4 Å². The molecule has 31 heavy (non-hydrogen) atoms. The molecule has 3 heterocycles. The van der Waals surface area contributed by atoms with Crippen molar-refractivity contribution in [1.82, 2.24) is 9.88 Å². The highest BCUT2D eigenvalue weighted by atomic mass is 35.5. The standard InChI is InChI=1S/C20H17ClF2N4O2S2/c21-11-6-9-30-16(11)19(29)27-7-4-10(5-8-27)25-20-26-18(24)17(31-20)15(28)14-12(22)2-1-3-13(14)23/h1-3,6,9-10H,4-5,7-8,24H2,(H,25,26). The summed E-state index contributed by atoms with van der Waals surface area (Å²) in [5, 5.41) is 5.84. The number of nitrogens with zero attached hydrogens (tertiary/aromatic N) is 2. The lowest BCUT2D eigenvalue weighted by Crippen LogP contribution is -2.42. The van der Waals surface area contributed by atoms with Crippen molar-refractivity contribution in [3.63, 3.8) is 0 Å². The first-order chi connectivity index (χ1) is 14.8. The van der Waals surface area contributed by atoms with Crippen molar-refractivity contribution < 1.29 is 18.4 Å². The number of benzene rings is 1. The van der Waals surface area contributed by atoms with E-state index in [2.05, 4.69) is 10.3 Å². The van der Waals surface area contributed by atoms with Gasteiger partial charge < -0.3 is 16.0 Å². The monoisotopic (exact) mass is 482 g/mol. The molecule has 4 rings (SSSR count). The summed E-state index contributed by atoms with van der Waals surface area (Å²) in [5.74, 6) is -2.91. The summed E-state index contributed by atoms with van der Waals surface area (Å²) in [6, 6.07) is 4.94. The minimum Gasteiger partial charge on any atom is -0.382 e. The van der Waals surface area contributed by atoms with E-state index in [1.54, 1.807) is 16.3 Å².